The Morgan fingerprint density at radius 1 is 0.737 bits per heavy atom. The third kappa shape index (κ3) is 5.76. The minimum atomic E-state index is -0.156. The quantitative estimate of drug-likeness (QED) is 0.214. The van der Waals surface area contributed by atoms with Crippen molar-refractivity contribution in [3.63, 3.8) is 0 Å². The number of allylic oxidation sites excluding steroid dienone is 11. The summed E-state index contributed by atoms with van der Waals surface area (Å²) >= 11 is 0. The highest BCUT2D eigenvalue weighted by molar-refractivity contribution is 5.99. The fourth-order valence-electron chi connectivity index (χ4n) is 11.7. The number of fused-ring (bicyclic) bond motifs is 8. The average molecular weight is 744 g/mol. The summed E-state index contributed by atoms with van der Waals surface area (Å²) < 4.78 is 0. The molecule has 5 atom stereocenters. The van der Waals surface area contributed by atoms with Gasteiger partial charge in [-0.1, -0.05) is 173 Å². The molecule has 4 aromatic carbocycles. The van der Waals surface area contributed by atoms with Crippen LogP contribution in [0, 0.1) is 5.92 Å². The summed E-state index contributed by atoms with van der Waals surface area (Å²) in [6, 6.07) is 36.6. The lowest BCUT2D eigenvalue weighted by Gasteiger charge is -2.40. The normalized spacial score (nSPS) is 27.5. The summed E-state index contributed by atoms with van der Waals surface area (Å²) in [5.41, 5.74) is 17.3. The second-order valence-electron chi connectivity index (χ2n) is 18.2. The van der Waals surface area contributed by atoms with Gasteiger partial charge in [0.1, 0.15) is 18.2 Å². The fourth-order valence-corrected chi connectivity index (χ4v) is 11.7. The van der Waals surface area contributed by atoms with Gasteiger partial charge in [-0.15, -0.1) is 0 Å². The van der Waals surface area contributed by atoms with Crippen molar-refractivity contribution in [3.05, 3.63) is 201 Å². The molecule has 2 N–H and O–H groups in total. The standard InChI is InChI=1S/C54H53N3/c1-53(2)46-25-11-10-24-42(46)44-33-45-43-27-26-40(32-48(43)54(28-12-5-13-29-54)49(45)34-47(44)53)38-21-14-20-37(30-38)39-22-15-23-41(31-39)52-56-50(35-16-6-3-7-17-35)55-51(57-52)36-18-8-4-9-19-36/h3-4,6-8,10-11,14-18,20,22-27,30-34,38,44,47,50,52,56H,5,9,12-13,19,21,28-29H2,1-2H3,(H,55,57). The number of nitrogens with zero attached hydrogens (tertiary/aromatic N) is 1. The molecule has 57 heavy (non-hydrogen) atoms. The van der Waals surface area contributed by atoms with Gasteiger partial charge in [0.25, 0.3) is 0 Å². The molecule has 3 nitrogen and oxygen atoms in total. The van der Waals surface area contributed by atoms with Gasteiger partial charge in [0.15, 0.2) is 0 Å². The molecule has 7 aliphatic rings. The summed E-state index contributed by atoms with van der Waals surface area (Å²) in [5, 5.41) is 7.55. The minimum absolute atomic E-state index is 0.0261. The summed E-state index contributed by atoms with van der Waals surface area (Å²) in [5.74, 6) is 2.29. The summed E-state index contributed by atoms with van der Waals surface area (Å²) in [6.07, 6.45) is 28.8. The van der Waals surface area contributed by atoms with Gasteiger partial charge < -0.3 is 5.32 Å². The van der Waals surface area contributed by atoms with Gasteiger partial charge in [-0.25, -0.2) is 4.99 Å². The van der Waals surface area contributed by atoms with Crippen LogP contribution in [0.3, 0.4) is 0 Å². The first-order valence-electron chi connectivity index (χ1n) is 21.7. The Bertz CT molecular complexity index is 2480. The molecular formula is C54H53N3. The number of amidine groups is 1. The van der Waals surface area contributed by atoms with E-state index in [0.717, 1.165) is 25.1 Å². The summed E-state index contributed by atoms with van der Waals surface area (Å²) in [6.45, 7) is 4.97. The SMILES string of the molecule is CC1(C)c2ccccc2C2C=C3C(=CC21)C1(CCCCC1)c1cc(C2C=C(c4cccc(C5N=C(C6=CC=CCC6)NC(c6ccccc6)N5)c4)C=CC2)ccc13. The predicted molar refractivity (Wildman–Crippen MR) is 236 cm³/mol. The molecule has 1 fully saturated rings. The van der Waals surface area contributed by atoms with Crippen LogP contribution in [0.5, 0.6) is 0 Å². The zero-order chi connectivity index (χ0) is 38.1. The van der Waals surface area contributed by atoms with E-state index in [4.69, 9.17) is 4.99 Å². The lowest BCUT2D eigenvalue weighted by Crippen LogP contribution is -2.45. The zero-order valence-electron chi connectivity index (χ0n) is 33.3. The number of hydrogen-bond acceptors (Lipinski definition) is 3. The molecule has 1 spiro atoms. The summed E-state index contributed by atoms with van der Waals surface area (Å²) in [4.78, 5) is 5.29. The first-order valence-corrected chi connectivity index (χ1v) is 21.7. The Labute approximate surface area is 338 Å². The van der Waals surface area contributed by atoms with Crippen LogP contribution in [0.4, 0.5) is 0 Å². The maximum absolute atomic E-state index is 5.29. The second kappa shape index (κ2) is 13.7. The molecular weight excluding hydrogens is 691 g/mol. The van der Waals surface area contributed by atoms with Crippen molar-refractivity contribution in [2.75, 3.05) is 0 Å². The molecule has 0 aromatic heterocycles. The molecule has 1 aliphatic heterocycles. The van der Waals surface area contributed by atoms with E-state index in [-0.39, 0.29) is 23.2 Å². The van der Waals surface area contributed by atoms with Crippen LogP contribution in [-0.2, 0) is 10.8 Å². The Morgan fingerprint density at radius 3 is 2.44 bits per heavy atom. The average Bonchev–Trinajstić information content (AvgIpc) is 3.66. The molecule has 0 amide bonds. The fraction of sp³-hybridized carbons (Fsp3) is 0.315. The third-order valence-corrected chi connectivity index (χ3v) is 14.6. The molecule has 284 valence electrons. The molecule has 11 rings (SSSR count). The van der Waals surface area contributed by atoms with E-state index in [9.17, 15) is 0 Å². The lowest BCUT2D eigenvalue weighted by atomic mass is 9.64. The van der Waals surface area contributed by atoms with Crippen molar-refractivity contribution in [2.24, 2.45) is 10.9 Å². The van der Waals surface area contributed by atoms with Gasteiger partial charge in [-0.2, -0.15) is 0 Å². The molecule has 1 heterocycles. The van der Waals surface area contributed by atoms with Crippen LogP contribution < -0.4 is 10.6 Å². The van der Waals surface area contributed by atoms with Gasteiger partial charge in [0.2, 0.25) is 0 Å². The second-order valence-corrected chi connectivity index (χ2v) is 18.2. The van der Waals surface area contributed by atoms with Crippen molar-refractivity contribution >= 4 is 17.0 Å². The maximum atomic E-state index is 5.29. The highest BCUT2D eigenvalue weighted by Crippen LogP contribution is 2.63. The van der Waals surface area contributed by atoms with Gasteiger partial charge in [0.05, 0.1) is 0 Å². The van der Waals surface area contributed by atoms with Crippen molar-refractivity contribution in [3.8, 4) is 0 Å². The monoisotopic (exact) mass is 743 g/mol. The number of rotatable bonds is 5. The van der Waals surface area contributed by atoms with Crippen molar-refractivity contribution in [1.29, 1.82) is 0 Å². The largest absolute Gasteiger partial charge is 0.351 e. The van der Waals surface area contributed by atoms with Crippen LogP contribution in [0.1, 0.15) is 134 Å². The molecule has 6 aliphatic carbocycles. The van der Waals surface area contributed by atoms with E-state index >= 15 is 0 Å². The highest BCUT2D eigenvalue weighted by atomic mass is 15.3. The zero-order valence-corrected chi connectivity index (χ0v) is 33.3. The van der Waals surface area contributed by atoms with Crippen molar-refractivity contribution in [1.82, 2.24) is 10.6 Å². The first kappa shape index (κ1) is 35.0. The maximum Gasteiger partial charge on any atom is 0.129 e. The van der Waals surface area contributed by atoms with E-state index in [2.05, 4.69) is 170 Å². The third-order valence-electron chi connectivity index (χ3n) is 14.6. The van der Waals surface area contributed by atoms with Gasteiger partial charge in [-0.05, 0) is 116 Å². The van der Waals surface area contributed by atoms with E-state index in [0.29, 0.717) is 17.8 Å². The number of hydrogen-bond donors (Lipinski definition) is 2. The van der Waals surface area contributed by atoms with E-state index in [1.807, 2.05) is 0 Å². The minimum Gasteiger partial charge on any atom is -0.351 e. The number of aliphatic imine (C=N–C) groups is 1. The summed E-state index contributed by atoms with van der Waals surface area (Å²) in [7, 11) is 0. The van der Waals surface area contributed by atoms with E-state index in [1.54, 1.807) is 11.1 Å². The molecule has 0 saturated heterocycles. The van der Waals surface area contributed by atoms with Gasteiger partial charge in [-0.3, -0.25) is 5.32 Å². The molecule has 3 heteroatoms. The van der Waals surface area contributed by atoms with E-state index < -0.39 is 0 Å². The molecule has 1 saturated carbocycles. The Morgan fingerprint density at radius 2 is 1.58 bits per heavy atom. The molecule has 0 bridgehead atoms. The van der Waals surface area contributed by atoms with Crippen LogP contribution in [0.15, 0.2) is 162 Å². The number of nitrogens with one attached hydrogen (secondary N) is 2. The van der Waals surface area contributed by atoms with Crippen LogP contribution in [0.25, 0.3) is 11.1 Å². The highest BCUT2D eigenvalue weighted by Gasteiger charge is 2.52. The Kier molecular flexibility index (Phi) is 8.40. The molecule has 5 unspecified atom stereocenters. The van der Waals surface area contributed by atoms with Gasteiger partial charge >= 0.3 is 0 Å². The Balaban J connectivity index is 0.930. The first-order chi connectivity index (χ1) is 28.0. The smallest absolute Gasteiger partial charge is 0.129 e. The van der Waals surface area contributed by atoms with Gasteiger partial charge in [0, 0.05) is 17.3 Å². The van der Waals surface area contributed by atoms with Crippen LogP contribution >= 0.6 is 0 Å². The van der Waals surface area contributed by atoms with E-state index in [1.165, 1.54) is 87.8 Å². The Hall–Kier alpha value is -5.25. The molecule has 0 radical (unpaired) electrons. The van der Waals surface area contributed by atoms with Crippen molar-refractivity contribution < 1.29 is 0 Å². The van der Waals surface area contributed by atoms with Crippen LogP contribution in [0.2, 0.25) is 0 Å². The predicted octanol–water partition coefficient (Wildman–Crippen LogP) is 12.6. The topological polar surface area (TPSA) is 36.4 Å². The van der Waals surface area contributed by atoms with Crippen LogP contribution in [-0.4, -0.2) is 5.84 Å². The molecule has 4 aromatic rings. The number of benzene rings is 4. The lowest BCUT2D eigenvalue weighted by molar-refractivity contribution is 0.340. The van der Waals surface area contributed by atoms with Crippen molar-refractivity contribution in [2.45, 2.75) is 100 Å².